The van der Waals surface area contributed by atoms with E-state index in [9.17, 15) is 9.59 Å². The highest BCUT2D eigenvalue weighted by molar-refractivity contribution is 5.91. The van der Waals surface area contributed by atoms with Gasteiger partial charge in [0, 0.05) is 32.0 Å². The molecule has 2 N–H and O–H groups in total. The van der Waals surface area contributed by atoms with Crippen LogP contribution in [-0.4, -0.2) is 38.3 Å². The molecule has 132 valence electrons. The summed E-state index contributed by atoms with van der Waals surface area (Å²) in [5.74, 6) is -0.279. The minimum Gasteiger partial charge on any atom is -0.364 e. The van der Waals surface area contributed by atoms with Gasteiger partial charge in [0.05, 0.1) is 5.69 Å². The smallest absolute Gasteiger partial charge is 0.271 e. The Morgan fingerprint density at radius 1 is 1.28 bits per heavy atom. The monoisotopic (exact) mass is 341 g/mol. The molecule has 1 fully saturated rings. The van der Waals surface area contributed by atoms with Gasteiger partial charge in [-0.1, -0.05) is 23.4 Å². The second-order valence-electron chi connectivity index (χ2n) is 6.83. The molecule has 1 unspecified atom stereocenters. The fraction of sp³-hybridized carbons (Fsp3) is 0.444. The van der Waals surface area contributed by atoms with Crippen molar-refractivity contribution in [3.63, 3.8) is 0 Å². The van der Waals surface area contributed by atoms with Crippen molar-refractivity contribution in [1.82, 2.24) is 19.9 Å². The summed E-state index contributed by atoms with van der Waals surface area (Å²) in [6.45, 7) is 7.79. The SMILES string of the molecule is Cc1ccc(CN2CC(Cn3nnc(C(N)=O)c3C)CC2=O)cc1C. The zero-order chi connectivity index (χ0) is 18.1. The highest BCUT2D eigenvalue weighted by atomic mass is 16.2. The van der Waals surface area contributed by atoms with Crippen LogP contribution in [0.15, 0.2) is 18.2 Å². The molecule has 3 rings (SSSR count). The van der Waals surface area contributed by atoms with E-state index in [1.807, 2.05) is 4.90 Å². The summed E-state index contributed by atoms with van der Waals surface area (Å²) >= 11 is 0. The maximum atomic E-state index is 12.3. The molecule has 0 bridgehead atoms. The molecule has 2 amide bonds. The minimum atomic E-state index is -0.581. The lowest BCUT2D eigenvalue weighted by Gasteiger charge is -2.17. The Bertz CT molecular complexity index is 827. The summed E-state index contributed by atoms with van der Waals surface area (Å²) in [6, 6.07) is 6.30. The number of likely N-dealkylation sites (tertiary alicyclic amines) is 1. The average Bonchev–Trinajstić information content (AvgIpc) is 3.07. The quantitative estimate of drug-likeness (QED) is 0.888. The molecular weight excluding hydrogens is 318 g/mol. The first kappa shape index (κ1) is 17.1. The predicted molar refractivity (Wildman–Crippen MR) is 92.7 cm³/mol. The molecule has 7 heteroatoms. The van der Waals surface area contributed by atoms with Gasteiger partial charge in [-0.25, -0.2) is 4.68 Å². The van der Waals surface area contributed by atoms with E-state index in [1.54, 1.807) is 11.6 Å². The van der Waals surface area contributed by atoms with Gasteiger partial charge >= 0.3 is 0 Å². The van der Waals surface area contributed by atoms with Crippen LogP contribution < -0.4 is 5.73 Å². The Morgan fingerprint density at radius 2 is 2.04 bits per heavy atom. The first-order valence-electron chi connectivity index (χ1n) is 8.39. The fourth-order valence-corrected chi connectivity index (χ4v) is 3.26. The zero-order valence-corrected chi connectivity index (χ0v) is 14.8. The van der Waals surface area contributed by atoms with Gasteiger partial charge in [-0.2, -0.15) is 0 Å². The second kappa shape index (κ2) is 6.66. The predicted octanol–water partition coefficient (Wildman–Crippen LogP) is 1.35. The number of amides is 2. The highest BCUT2D eigenvalue weighted by Gasteiger charge is 2.30. The van der Waals surface area contributed by atoms with E-state index in [-0.39, 0.29) is 17.5 Å². The first-order valence-corrected chi connectivity index (χ1v) is 8.39. The van der Waals surface area contributed by atoms with E-state index >= 15 is 0 Å². The third-order valence-corrected chi connectivity index (χ3v) is 4.89. The summed E-state index contributed by atoms with van der Waals surface area (Å²) in [4.78, 5) is 25.5. The lowest BCUT2D eigenvalue weighted by atomic mass is 10.1. The van der Waals surface area contributed by atoms with E-state index in [2.05, 4.69) is 42.4 Å². The number of carbonyl (C=O) groups is 2. The Morgan fingerprint density at radius 3 is 2.68 bits per heavy atom. The first-order chi connectivity index (χ1) is 11.8. The Balaban J connectivity index is 1.66. The number of primary amides is 1. The van der Waals surface area contributed by atoms with Crippen LogP contribution in [-0.2, 0) is 17.9 Å². The number of aromatic nitrogens is 3. The van der Waals surface area contributed by atoms with Crippen LogP contribution in [0.5, 0.6) is 0 Å². The molecule has 1 aromatic heterocycles. The Kier molecular flexibility index (Phi) is 4.57. The number of benzene rings is 1. The summed E-state index contributed by atoms with van der Waals surface area (Å²) in [5.41, 5.74) is 9.74. The third-order valence-electron chi connectivity index (χ3n) is 4.89. The van der Waals surface area contributed by atoms with E-state index in [1.165, 1.54) is 11.1 Å². The number of hydrogen-bond donors (Lipinski definition) is 1. The van der Waals surface area contributed by atoms with Gasteiger partial charge in [-0.15, -0.1) is 5.10 Å². The number of hydrogen-bond acceptors (Lipinski definition) is 4. The van der Waals surface area contributed by atoms with Gasteiger partial charge in [0.1, 0.15) is 0 Å². The molecule has 0 spiro atoms. The Hall–Kier alpha value is -2.70. The fourth-order valence-electron chi connectivity index (χ4n) is 3.26. The maximum absolute atomic E-state index is 12.3. The summed E-state index contributed by atoms with van der Waals surface area (Å²) in [7, 11) is 0. The van der Waals surface area contributed by atoms with Gasteiger partial charge in [0.15, 0.2) is 5.69 Å². The topological polar surface area (TPSA) is 94.1 Å². The lowest BCUT2D eigenvalue weighted by molar-refractivity contribution is -0.128. The number of nitrogens with two attached hydrogens (primary N) is 1. The van der Waals surface area contributed by atoms with Gasteiger partial charge in [0.2, 0.25) is 5.91 Å². The molecule has 1 aliphatic rings. The van der Waals surface area contributed by atoms with Crippen LogP contribution in [0, 0.1) is 26.7 Å². The van der Waals surface area contributed by atoms with Crippen molar-refractivity contribution in [3.05, 3.63) is 46.3 Å². The van der Waals surface area contributed by atoms with Crippen molar-refractivity contribution in [2.75, 3.05) is 6.54 Å². The van der Waals surface area contributed by atoms with Crippen molar-refractivity contribution in [2.45, 2.75) is 40.3 Å². The normalized spacial score (nSPS) is 17.3. The molecule has 2 aromatic rings. The van der Waals surface area contributed by atoms with E-state index in [0.29, 0.717) is 31.7 Å². The van der Waals surface area contributed by atoms with Crippen molar-refractivity contribution >= 4 is 11.8 Å². The average molecular weight is 341 g/mol. The van der Waals surface area contributed by atoms with Crippen LogP contribution >= 0.6 is 0 Å². The maximum Gasteiger partial charge on any atom is 0.271 e. The number of aryl methyl sites for hydroxylation is 2. The van der Waals surface area contributed by atoms with Gasteiger partial charge in [-0.3, -0.25) is 9.59 Å². The van der Waals surface area contributed by atoms with Gasteiger partial charge in [0.25, 0.3) is 5.91 Å². The molecule has 7 nitrogen and oxygen atoms in total. The lowest BCUT2D eigenvalue weighted by Crippen LogP contribution is -2.25. The molecule has 1 aliphatic heterocycles. The van der Waals surface area contributed by atoms with Crippen LogP contribution in [0.25, 0.3) is 0 Å². The van der Waals surface area contributed by atoms with Gasteiger partial charge in [-0.05, 0) is 37.5 Å². The molecule has 25 heavy (non-hydrogen) atoms. The molecule has 1 aromatic carbocycles. The number of nitrogens with zero attached hydrogens (tertiary/aromatic N) is 4. The van der Waals surface area contributed by atoms with Gasteiger partial charge < -0.3 is 10.6 Å². The van der Waals surface area contributed by atoms with Crippen molar-refractivity contribution in [2.24, 2.45) is 11.7 Å². The van der Waals surface area contributed by atoms with Crippen LogP contribution in [0.2, 0.25) is 0 Å². The standard InChI is InChI=1S/C18H23N5O2/c1-11-4-5-14(6-12(11)2)8-22-9-15(7-16(22)24)10-23-13(3)17(18(19)25)20-21-23/h4-6,15H,7-10H2,1-3H3,(H2,19,25). The van der Waals surface area contributed by atoms with Crippen molar-refractivity contribution in [1.29, 1.82) is 0 Å². The number of carbonyl (C=O) groups excluding carboxylic acids is 2. The van der Waals surface area contributed by atoms with E-state index < -0.39 is 5.91 Å². The minimum absolute atomic E-state index is 0.149. The van der Waals surface area contributed by atoms with Crippen LogP contribution in [0.4, 0.5) is 0 Å². The van der Waals surface area contributed by atoms with E-state index in [4.69, 9.17) is 5.73 Å². The molecule has 0 aliphatic carbocycles. The molecule has 1 atom stereocenters. The highest BCUT2D eigenvalue weighted by Crippen LogP contribution is 2.23. The summed E-state index contributed by atoms with van der Waals surface area (Å²) in [6.07, 6.45) is 0.482. The second-order valence-corrected chi connectivity index (χ2v) is 6.83. The summed E-state index contributed by atoms with van der Waals surface area (Å²) < 4.78 is 1.66. The molecule has 0 saturated carbocycles. The van der Waals surface area contributed by atoms with Crippen molar-refractivity contribution in [3.8, 4) is 0 Å². The molecule has 2 heterocycles. The molecule has 0 radical (unpaired) electrons. The Labute approximate surface area is 146 Å². The largest absolute Gasteiger partial charge is 0.364 e. The number of rotatable bonds is 5. The van der Waals surface area contributed by atoms with Crippen LogP contribution in [0.1, 0.15) is 39.3 Å². The van der Waals surface area contributed by atoms with E-state index in [0.717, 1.165) is 5.56 Å². The summed E-state index contributed by atoms with van der Waals surface area (Å²) in [5, 5.41) is 7.81. The molecule has 1 saturated heterocycles. The zero-order valence-electron chi connectivity index (χ0n) is 14.8. The molecular formula is C18H23N5O2. The van der Waals surface area contributed by atoms with Crippen LogP contribution in [0.3, 0.4) is 0 Å². The van der Waals surface area contributed by atoms with Crippen molar-refractivity contribution < 1.29 is 9.59 Å². The third kappa shape index (κ3) is 3.55.